The molecule has 0 aliphatic heterocycles. The molecular weight excluding hydrogens is 248 g/mol. The van der Waals surface area contributed by atoms with E-state index in [4.69, 9.17) is 5.73 Å². The summed E-state index contributed by atoms with van der Waals surface area (Å²) in [5, 5.41) is 17.1. The largest absolute Gasteiger partial charge is 0.358 e. The fourth-order valence-corrected chi connectivity index (χ4v) is 1.48. The van der Waals surface area contributed by atoms with E-state index in [0.29, 0.717) is 6.54 Å². The first-order chi connectivity index (χ1) is 8.32. The zero-order chi connectivity index (χ0) is 13.9. The Morgan fingerprint density at radius 3 is 2.67 bits per heavy atom. The highest BCUT2D eigenvalue weighted by Gasteiger charge is 2.30. The molecule has 7 nitrogen and oxygen atoms in total. The van der Waals surface area contributed by atoms with Crippen LogP contribution in [0.15, 0.2) is 0 Å². The Labute approximate surface area is 102 Å². The van der Waals surface area contributed by atoms with Gasteiger partial charge in [-0.05, 0) is 13.8 Å². The van der Waals surface area contributed by atoms with Crippen molar-refractivity contribution in [3.8, 4) is 0 Å². The van der Waals surface area contributed by atoms with E-state index in [1.807, 2.05) is 0 Å². The van der Waals surface area contributed by atoms with E-state index < -0.39 is 23.9 Å². The standard InChI is InChI=1S/C9H15F2N5O2/c1-3-15-8(13-5-9(10,11)4-12)7(16(17)18)6(2)14-15/h13H,3-5,12H2,1-2H3. The van der Waals surface area contributed by atoms with Crippen molar-refractivity contribution in [1.82, 2.24) is 9.78 Å². The molecule has 18 heavy (non-hydrogen) atoms. The molecule has 0 amide bonds. The van der Waals surface area contributed by atoms with Crippen molar-refractivity contribution in [3.05, 3.63) is 15.8 Å². The Bertz CT molecular complexity index is 446. The number of hydrogen-bond donors (Lipinski definition) is 2. The van der Waals surface area contributed by atoms with Crippen molar-refractivity contribution in [2.75, 3.05) is 18.4 Å². The highest BCUT2D eigenvalue weighted by Crippen LogP contribution is 2.28. The molecule has 1 aromatic rings. The summed E-state index contributed by atoms with van der Waals surface area (Å²) in [6, 6.07) is 0. The lowest BCUT2D eigenvalue weighted by molar-refractivity contribution is -0.384. The Morgan fingerprint density at radius 2 is 2.22 bits per heavy atom. The maximum Gasteiger partial charge on any atom is 0.333 e. The van der Waals surface area contributed by atoms with Gasteiger partial charge >= 0.3 is 5.69 Å². The van der Waals surface area contributed by atoms with Crippen LogP contribution in [0.5, 0.6) is 0 Å². The molecular formula is C9H15F2N5O2. The molecule has 1 heterocycles. The lowest BCUT2D eigenvalue weighted by Crippen LogP contribution is -2.35. The van der Waals surface area contributed by atoms with Gasteiger partial charge in [-0.25, -0.2) is 13.5 Å². The van der Waals surface area contributed by atoms with Crippen molar-refractivity contribution in [3.63, 3.8) is 0 Å². The quantitative estimate of drug-likeness (QED) is 0.592. The van der Waals surface area contributed by atoms with E-state index in [1.54, 1.807) is 6.92 Å². The van der Waals surface area contributed by atoms with Crippen molar-refractivity contribution < 1.29 is 13.7 Å². The minimum atomic E-state index is -3.12. The van der Waals surface area contributed by atoms with E-state index in [9.17, 15) is 18.9 Å². The average Bonchev–Trinajstić information content (AvgIpc) is 2.63. The molecule has 0 aliphatic carbocycles. The van der Waals surface area contributed by atoms with Crippen LogP contribution >= 0.6 is 0 Å². The predicted octanol–water partition coefficient (Wildman–Crippen LogP) is 1.13. The van der Waals surface area contributed by atoms with E-state index in [2.05, 4.69) is 10.4 Å². The normalized spacial score (nSPS) is 11.6. The topological polar surface area (TPSA) is 99.0 Å². The van der Waals surface area contributed by atoms with Crippen molar-refractivity contribution >= 4 is 11.5 Å². The molecule has 0 spiro atoms. The van der Waals surface area contributed by atoms with Gasteiger partial charge in [-0.15, -0.1) is 0 Å². The van der Waals surface area contributed by atoms with Crippen LogP contribution < -0.4 is 11.1 Å². The van der Waals surface area contributed by atoms with E-state index in [0.717, 1.165) is 0 Å². The first-order valence-electron chi connectivity index (χ1n) is 5.36. The van der Waals surface area contributed by atoms with Crippen LogP contribution in [0.3, 0.4) is 0 Å². The number of alkyl halides is 2. The number of nitrogens with one attached hydrogen (secondary N) is 1. The van der Waals surface area contributed by atoms with Crippen molar-refractivity contribution in [1.29, 1.82) is 0 Å². The second kappa shape index (κ2) is 5.25. The van der Waals surface area contributed by atoms with Gasteiger partial charge in [-0.3, -0.25) is 10.1 Å². The van der Waals surface area contributed by atoms with Crippen LogP contribution in [0.2, 0.25) is 0 Å². The number of hydrogen-bond acceptors (Lipinski definition) is 5. The number of rotatable bonds is 6. The monoisotopic (exact) mass is 263 g/mol. The molecule has 0 saturated heterocycles. The van der Waals surface area contributed by atoms with E-state index in [-0.39, 0.29) is 17.2 Å². The van der Waals surface area contributed by atoms with Gasteiger partial charge in [0.15, 0.2) is 0 Å². The molecule has 1 rings (SSSR count). The number of anilines is 1. The van der Waals surface area contributed by atoms with E-state index in [1.165, 1.54) is 11.6 Å². The molecule has 102 valence electrons. The number of aromatic nitrogens is 2. The van der Waals surface area contributed by atoms with Gasteiger partial charge in [0.2, 0.25) is 5.82 Å². The highest BCUT2D eigenvalue weighted by atomic mass is 19.3. The molecule has 3 N–H and O–H groups in total. The van der Waals surface area contributed by atoms with Gasteiger partial charge in [0.1, 0.15) is 5.69 Å². The minimum absolute atomic E-state index is 0.0203. The second-order valence-electron chi connectivity index (χ2n) is 3.77. The molecule has 0 aromatic carbocycles. The lowest BCUT2D eigenvalue weighted by Gasteiger charge is -2.15. The van der Waals surface area contributed by atoms with Crippen LogP contribution in [0.1, 0.15) is 12.6 Å². The molecule has 0 atom stereocenters. The summed E-state index contributed by atoms with van der Waals surface area (Å²) < 4.78 is 27.3. The minimum Gasteiger partial charge on any atom is -0.358 e. The third-order valence-corrected chi connectivity index (χ3v) is 2.39. The fraction of sp³-hybridized carbons (Fsp3) is 0.667. The van der Waals surface area contributed by atoms with Gasteiger partial charge in [-0.1, -0.05) is 0 Å². The number of aryl methyl sites for hydroxylation is 2. The third-order valence-electron chi connectivity index (χ3n) is 2.39. The smallest absolute Gasteiger partial charge is 0.333 e. The second-order valence-corrected chi connectivity index (χ2v) is 3.77. The SMILES string of the molecule is CCn1nc(C)c([N+](=O)[O-])c1NCC(F)(F)CN. The van der Waals surface area contributed by atoms with Crippen molar-refractivity contribution in [2.24, 2.45) is 5.73 Å². The number of nitrogens with zero attached hydrogens (tertiary/aromatic N) is 3. The summed E-state index contributed by atoms with van der Waals surface area (Å²) in [7, 11) is 0. The molecule has 0 fully saturated rings. The molecule has 1 aromatic heterocycles. The van der Waals surface area contributed by atoms with Crippen LogP contribution in [0, 0.1) is 17.0 Å². The van der Waals surface area contributed by atoms with Crippen LogP contribution in [-0.2, 0) is 6.54 Å². The summed E-state index contributed by atoms with van der Waals surface area (Å²) in [6.45, 7) is 1.91. The van der Waals surface area contributed by atoms with Gasteiger partial charge in [0.05, 0.1) is 18.0 Å². The van der Waals surface area contributed by atoms with Crippen LogP contribution in [-0.4, -0.2) is 33.7 Å². The predicted molar refractivity (Wildman–Crippen MR) is 61.8 cm³/mol. The van der Waals surface area contributed by atoms with Gasteiger partial charge in [0.25, 0.3) is 5.92 Å². The maximum atomic E-state index is 13.0. The molecule has 0 aliphatic rings. The van der Waals surface area contributed by atoms with Crippen molar-refractivity contribution in [2.45, 2.75) is 26.3 Å². The molecule has 0 saturated carbocycles. The highest BCUT2D eigenvalue weighted by molar-refractivity contribution is 5.59. The Hall–Kier alpha value is -1.77. The number of nitro groups is 1. The zero-order valence-electron chi connectivity index (χ0n) is 10.1. The van der Waals surface area contributed by atoms with Gasteiger partial charge in [-0.2, -0.15) is 5.10 Å². The summed E-state index contributed by atoms with van der Waals surface area (Å²) >= 11 is 0. The van der Waals surface area contributed by atoms with Crippen LogP contribution in [0.25, 0.3) is 0 Å². The Morgan fingerprint density at radius 1 is 1.61 bits per heavy atom. The maximum absolute atomic E-state index is 13.0. The number of halogens is 2. The third kappa shape index (κ3) is 2.92. The Kier molecular flexibility index (Phi) is 4.17. The summed E-state index contributed by atoms with van der Waals surface area (Å²) in [5.41, 5.74) is 4.79. The summed E-state index contributed by atoms with van der Waals surface area (Å²) in [5.74, 6) is -3.14. The zero-order valence-corrected chi connectivity index (χ0v) is 10.1. The lowest BCUT2D eigenvalue weighted by atomic mass is 10.3. The van der Waals surface area contributed by atoms with Gasteiger partial charge in [0, 0.05) is 6.54 Å². The van der Waals surface area contributed by atoms with Crippen LogP contribution in [0.4, 0.5) is 20.3 Å². The fourth-order valence-electron chi connectivity index (χ4n) is 1.48. The van der Waals surface area contributed by atoms with E-state index >= 15 is 0 Å². The molecule has 0 unspecified atom stereocenters. The molecule has 9 heteroatoms. The first kappa shape index (κ1) is 14.3. The Balaban J connectivity index is 3.03. The summed E-state index contributed by atoms with van der Waals surface area (Å²) in [4.78, 5) is 10.2. The molecule has 0 radical (unpaired) electrons. The van der Waals surface area contributed by atoms with Gasteiger partial charge < -0.3 is 11.1 Å². The average molecular weight is 263 g/mol. The molecule has 0 bridgehead atoms. The summed E-state index contributed by atoms with van der Waals surface area (Å²) in [6.07, 6.45) is 0. The first-order valence-corrected chi connectivity index (χ1v) is 5.36. The number of nitrogens with two attached hydrogens (primary N) is 1.